The van der Waals surface area contributed by atoms with Crippen LogP contribution in [0.15, 0.2) is 66.9 Å². The van der Waals surface area contributed by atoms with Crippen LogP contribution in [0.3, 0.4) is 0 Å². The maximum absolute atomic E-state index is 12.6. The number of benzene rings is 2. The van der Waals surface area contributed by atoms with E-state index in [0.29, 0.717) is 23.1 Å². The zero-order valence-corrected chi connectivity index (χ0v) is 21.9. The Labute approximate surface area is 220 Å². The summed E-state index contributed by atoms with van der Waals surface area (Å²) in [4.78, 5) is 13.9. The molecule has 2 N–H and O–H groups in total. The van der Waals surface area contributed by atoms with E-state index >= 15 is 0 Å². The maximum atomic E-state index is 12.6. The Morgan fingerprint density at radius 3 is 2.61 bits per heavy atom. The van der Waals surface area contributed by atoms with Gasteiger partial charge in [0.05, 0.1) is 24.1 Å². The fraction of sp³-hybridized carbons (Fsp3) is 0.250. The highest BCUT2D eigenvalue weighted by Crippen LogP contribution is 2.40. The zero-order valence-electron chi connectivity index (χ0n) is 20.3. The van der Waals surface area contributed by atoms with Gasteiger partial charge in [-0.1, -0.05) is 55.5 Å². The lowest BCUT2D eigenvalue weighted by Crippen LogP contribution is -2.28. The monoisotopic (exact) mass is 516 g/mol. The van der Waals surface area contributed by atoms with Crippen LogP contribution in [0, 0.1) is 5.92 Å². The van der Waals surface area contributed by atoms with E-state index in [2.05, 4.69) is 29.7 Å². The molecule has 1 unspecified atom stereocenters. The van der Waals surface area contributed by atoms with Crippen LogP contribution in [-0.4, -0.2) is 28.0 Å². The van der Waals surface area contributed by atoms with Crippen molar-refractivity contribution in [2.24, 2.45) is 5.92 Å². The summed E-state index contributed by atoms with van der Waals surface area (Å²) in [5.41, 5.74) is 5.66. The van der Waals surface area contributed by atoms with Crippen molar-refractivity contribution in [3.05, 3.63) is 88.4 Å². The first-order valence-electron chi connectivity index (χ1n) is 12.0. The number of rotatable bonds is 6. The third-order valence-electron chi connectivity index (χ3n) is 6.43. The SMILES string of the molecule is COC(=O)c1c(NC(=S)NCc2cn(-c3ccccc3)nc2-c2ccccc2)sc2c1CCC(C)C2. The summed E-state index contributed by atoms with van der Waals surface area (Å²) in [6.07, 6.45) is 4.96. The Kier molecular flexibility index (Phi) is 7.16. The number of nitrogens with one attached hydrogen (secondary N) is 2. The van der Waals surface area contributed by atoms with Gasteiger partial charge in [-0.05, 0) is 55.1 Å². The van der Waals surface area contributed by atoms with Gasteiger partial charge in [-0.3, -0.25) is 0 Å². The molecule has 184 valence electrons. The van der Waals surface area contributed by atoms with Gasteiger partial charge >= 0.3 is 5.97 Å². The molecule has 0 spiro atoms. The van der Waals surface area contributed by atoms with E-state index in [-0.39, 0.29) is 5.97 Å². The van der Waals surface area contributed by atoms with Crippen LogP contribution in [0.5, 0.6) is 0 Å². The van der Waals surface area contributed by atoms with Gasteiger partial charge < -0.3 is 15.4 Å². The maximum Gasteiger partial charge on any atom is 0.341 e. The van der Waals surface area contributed by atoms with E-state index in [1.807, 2.05) is 59.4 Å². The molecule has 1 atom stereocenters. The summed E-state index contributed by atoms with van der Waals surface area (Å²) in [5, 5.41) is 12.7. The minimum atomic E-state index is -0.317. The fourth-order valence-corrected chi connectivity index (χ4v) is 6.21. The van der Waals surface area contributed by atoms with Crippen molar-refractivity contribution in [3.63, 3.8) is 0 Å². The highest BCUT2D eigenvalue weighted by atomic mass is 32.1. The van der Waals surface area contributed by atoms with E-state index in [9.17, 15) is 4.79 Å². The third-order valence-corrected chi connectivity index (χ3v) is 7.84. The number of para-hydroxylation sites is 1. The van der Waals surface area contributed by atoms with Crippen molar-refractivity contribution in [2.45, 2.75) is 32.7 Å². The van der Waals surface area contributed by atoms with E-state index in [4.69, 9.17) is 22.1 Å². The van der Waals surface area contributed by atoms with Gasteiger partial charge in [0.15, 0.2) is 5.11 Å². The lowest BCUT2D eigenvalue weighted by molar-refractivity contribution is 0.0601. The molecule has 0 amide bonds. The van der Waals surface area contributed by atoms with Crippen molar-refractivity contribution < 1.29 is 9.53 Å². The van der Waals surface area contributed by atoms with E-state index < -0.39 is 0 Å². The molecule has 0 aliphatic heterocycles. The lowest BCUT2D eigenvalue weighted by atomic mass is 9.88. The Balaban J connectivity index is 1.37. The molecule has 0 fully saturated rings. The van der Waals surface area contributed by atoms with Gasteiger partial charge in [0.1, 0.15) is 5.00 Å². The minimum absolute atomic E-state index is 0.317. The van der Waals surface area contributed by atoms with Crippen LogP contribution in [0.2, 0.25) is 0 Å². The summed E-state index contributed by atoms with van der Waals surface area (Å²) >= 11 is 7.25. The number of anilines is 1. The summed E-state index contributed by atoms with van der Waals surface area (Å²) < 4.78 is 6.99. The molecule has 6 nitrogen and oxygen atoms in total. The first kappa shape index (κ1) is 24.2. The van der Waals surface area contributed by atoms with Gasteiger partial charge in [0.2, 0.25) is 0 Å². The number of esters is 1. The van der Waals surface area contributed by atoms with Gasteiger partial charge in [-0.2, -0.15) is 5.10 Å². The topological polar surface area (TPSA) is 68.2 Å². The van der Waals surface area contributed by atoms with E-state index in [1.165, 1.54) is 12.0 Å². The smallest absolute Gasteiger partial charge is 0.341 e. The molecule has 0 saturated carbocycles. The summed E-state index contributed by atoms with van der Waals surface area (Å²) in [5.74, 6) is 0.292. The van der Waals surface area contributed by atoms with Crippen LogP contribution >= 0.6 is 23.6 Å². The molecule has 36 heavy (non-hydrogen) atoms. The van der Waals surface area contributed by atoms with Crippen molar-refractivity contribution in [2.75, 3.05) is 12.4 Å². The van der Waals surface area contributed by atoms with Gasteiger partial charge in [0, 0.05) is 28.7 Å². The second kappa shape index (κ2) is 10.6. The molecule has 0 saturated heterocycles. The number of thiocarbonyl (C=S) groups is 1. The van der Waals surface area contributed by atoms with Gasteiger partial charge in [-0.25, -0.2) is 9.48 Å². The first-order valence-corrected chi connectivity index (χ1v) is 13.2. The van der Waals surface area contributed by atoms with Crippen LogP contribution in [-0.2, 0) is 24.1 Å². The van der Waals surface area contributed by atoms with Crippen molar-refractivity contribution >= 4 is 39.6 Å². The number of aromatic nitrogens is 2. The largest absolute Gasteiger partial charge is 0.465 e. The molecular formula is C28H28N4O2S2. The molecule has 2 aromatic carbocycles. The average Bonchev–Trinajstić information content (AvgIpc) is 3.49. The lowest BCUT2D eigenvalue weighted by Gasteiger charge is -2.18. The van der Waals surface area contributed by atoms with Gasteiger partial charge in [-0.15, -0.1) is 11.3 Å². The predicted octanol–water partition coefficient (Wildman–Crippen LogP) is 6.00. The normalized spacial score (nSPS) is 14.7. The standard InChI is InChI=1S/C28H28N4O2S2/c1-18-13-14-22-23(15-18)36-26(24(22)27(33)34-2)30-28(35)29-16-20-17-32(21-11-7-4-8-12-21)31-25(20)19-9-5-3-6-10-19/h3-12,17-18H,13-16H2,1-2H3,(H2,29,30,35). The van der Waals surface area contributed by atoms with Crippen LogP contribution < -0.4 is 10.6 Å². The Hall–Kier alpha value is -3.49. The number of carbonyl (C=O) groups excluding carboxylic acids is 1. The Morgan fingerprint density at radius 2 is 1.89 bits per heavy atom. The summed E-state index contributed by atoms with van der Waals surface area (Å²) in [7, 11) is 1.42. The van der Waals surface area contributed by atoms with Gasteiger partial charge in [0.25, 0.3) is 0 Å². The molecular weight excluding hydrogens is 488 g/mol. The molecule has 4 aromatic rings. The molecule has 5 rings (SSSR count). The first-order chi connectivity index (χ1) is 17.5. The zero-order chi connectivity index (χ0) is 25.1. The van der Waals surface area contributed by atoms with E-state index in [0.717, 1.165) is 52.3 Å². The third kappa shape index (κ3) is 5.05. The van der Waals surface area contributed by atoms with Crippen LogP contribution in [0.25, 0.3) is 16.9 Å². The fourth-order valence-electron chi connectivity index (χ4n) is 4.57. The van der Waals surface area contributed by atoms with Crippen LogP contribution in [0.1, 0.15) is 39.7 Å². The number of thiophene rings is 1. The Bertz CT molecular complexity index is 1380. The number of carbonyl (C=O) groups is 1. The Morgan fingerprint density at radius 1 is 1.17 bits per heavy atom. The van der Waals surface area contributed by atoms with Crippen molar-refractivity contribution in [3.8, 4) is 16.9 Å². The number of nitrogens with zero attached hydrogens (tertiary/aromatic N) is 2. The van der Waals surface area contributed by atoms with Crippen molar-refractivity contribution in [1.29, 1.82) is 0 Å². The number of methoxy groups -OCH3 is 1. The van der Waals surface area contributed by atoms with E-state index in [1.54, 1.807) is 11.3 Å². The summed E-state index contributed by atoms with van der Waals surface area (Å²) in [6.45, 7) is 2.73. The number of hydrogen-bond donors (Lipinski definition) is 2. The molecule has 0 radical (unpaired) electrons. The molecule has 0 bridgehead atoms. The predicted molar refractivity (Wildman–Crippen MR) is 149 cm³/mol. The number of hydrogen-bond acceptors (Lipinski definition) is 5. The minimum Gasteiger partial charge on any atom is -0.465 e. The molecule has 1 aliphatic rings. The molecule has 2 aromatic heterocycles. The quantitative estimate of drug-likeness (QED) is 0.242. The molecule has 1 aliphatic carbocycles. The highest BCUT2D eigenvalue weighted by molar-refractivity contribution is 7.80. The second-order valence-corrected chi connectivity index (χ2v) is 10.5. The average molecular weight is 517 g/mol. The number of ether oxygens (including phenoxy) is 1. The van der Waals surface area contributed by atoms with Crippen molar-refractivity contribution in [1.82, 2.24) is 15.1 Å². The molecule has 2 heterocycles. The number of fused-ring (bicyclic) bond motifs is 1. The summed E-state index contributed by atoms with van der Waals surface area (Å²) in [6, 6.07) is 20.2. The second-order valence-electron chi connectivity index (χ2n) is 9.00. The highest BCUT2D eigenvalue weighted by Gasteiger charge is 2.28. The molecule has 8 heteroatoms. The van der Waals surface area contributed by atoms with Crippen LogP contribution in [0.4, 0.5) is 5.00 Å².